The SMILES string of the molecule is CNC(=O)[C@@H](Cc1ccc([N+](=O)[O-])cc1)NC(=O)CCc1ccccc1. The van der Waals surface area contributed by atoms with Crippen LogP contribution in [-0.2, 0) is 22.4 Å². The molecule has 7 heteroatoms. The predicted octanol–water partition coefficient (Wildman–Crippen LogP) is 2.00. The standard InChI is InChI=1S/C19H21N3O4/c1-20-19(24)17(13-15-7-10-16(11-8-15)22(25)26)21-18(23)12-9-14-5-3-2-4-6-14/h2-8,10-11,17H,9,12-13H2,1H3,(H,20,24)(H,21,23)/t17-/m1/s1. The Morgan fingerprint density at radius 3 is 2.27 bits per heavy atom. The van der Waals surface area contributed by atoms with Gasteiger partial charge in [0, 0.05) is 32.0 Å². The average Bonchev–Trinajstić information content (AvgIpc) is 2.66. The minimum Gasteiger partial charge on any atom is -0.357 e. The number of nitro groups is 1. The maximum absolute atomic E-state index is 12.2. The molecule has 0 aliphatic rings. The molecule has 1 atom stereocenters. The molecule has 0 saturated heterocycles. The van der Waals surface area contributed by atoms with Gasteiger partial charge in [0.1, 0.15) is 6.04 Å². The van der Waals surface area contributed by atoms with Crippen LogP contribution >= 0.6 is 0 Å². The number of carbonyl (C=O) groups is 2. The lowest BCUT2D eigenvalue weighted by molar-refractivity contribution is -0.384. The quantitative estimate of drug-likeness (QED) is 0.558. The van der Waals surface area contributed by atoms with E-state index in [9.17, 15) is 19.7 Å². The van der Waals surface area contributed by atoms with Gasteiger partial charge in [0.2, 0.25) is 11.8 Å². The maximum atomic E-state index is 12.2. The number of non-ortho nitro benzene ring substituents is 1. The van der Waals surface area contributed by atoms with Crippen molar-refractivity contribution < 1.29 is 14.5 Å². The van der Waals surface area contributed by atoms with E-state index in [2.05, 4.69) is 10.6 Å². The molecule has 2 rings (SSSR count). The first kappa shape index (κ1) is 19.1. The summed E-state index contributed by atoms with van der Waals surface area (Å²) < 4.78 is 0. The molecule has 136 valence electrons. The van der Waals surface area contributed by atoms with Crippen LogP contribution in [0.25, 0.3) is 0 Å². The second kappa shape index (κ2) is 9.31. The van der Waals surface area contributed by atoms with E-state index in [-0.39, 0.29) is 30.3 Å². The molecule has 26 heavy (non-hydrogen) atoms. The Kier molecular flexibility index (Phi) is 6.84. The van der Waals surface area contributed by atoms with E-state index in [4.69, 9.17) is 0 Å². The van der Waals surface area contributed by atoms with Gasteiger partial charge in [-0.05, 0) is 17.5 Å². The van der Waals surface area contributed by atoms with E-state index in [1.165, 1.54) is 19.2 Å². The van der Waals surface area contributed by atoms with Gasteiger partial charge in [0.05, 0.1) is 4.92 Å². The van der Waals surface area contributed by atoms with Gasteiger partial charge in [-0.25, -0.2) is 0 Å². The number of benzene rings is 2. The highest BCUT2D eigenvalue weighted by atomic mass is 16.6. The summed E-state index contributed by atoms with van der Waals surface area (Å²) in [6, 6.07) is 14.8. The molecule has 0 bridgehead atoms. The van der Waals surface area contributed by atoms with Crippen molar-refractivity contribution in [2.45, 2.75) is 25.3 Å². The number of aryl methyl sites for hydroxylation is 1. The zero-order chi connectivity index (χ0) is 18.9. The first-order valence-electron chi connectivity index (χ1n) is 8.28. The van der Waals surface area contributed by atoms with E-state index >= 15 is 0 Å². The molecule has 0 unspecified atom stereocenters. The van der Waals surface area contributed by atoms with Gasteiger partial charge >= 0.3 is 0 Å². The fraction of sp³-hybridized carbons (Fsp3) is 0.263. The molecule has 2 aromatic rings. The number of nitrogens with one attached hydrogen (secondary N) is 2. The predicted molar refractivity (Wildman–Crippen MR) is 97.6 cm³/mol. The molecule has 0 fully saturated rings. The molecule has 0 radical (unpaired) electrons. The largest absolute Gasteiger partial charge is 0.357 e. The molecule has 2 aromatic carbocycles. The van der Waals surface area contributed by atoms with Crippen LogP contribution in [0.4, 0.5) is 5.69 Å². The van der Waals surface area contributed by atoms with Crippen LogP contribution < -0.4 is 10.6 Å². The smallest absolute Gasteiger partial charge is 0.269 e. The third-order valence-corrected chi connectivity index (χ3v) is 3.97. The summed E-state index contributed by atoms with van der Waals surface area (Å²) in [5.41, 5.74) is 1.76. The lowest BCUT2D eigenvalue weighted by Crippen LogP contribution is -2.47. The molecule has 0 aromatic heterocycles. The first-order valence-corrected chi connectivity index (χ1v) is 8.28. The summed E-state index contributed by atoms with van der Waals surface area (Å²) >= 11 is 0. The highest BCUT2D eigenvalue weighted by Crippen LogP contribution is 2.13. The molecular formula is C19H21N3O4. The molecular weight excluding hydrogens is 334 g/mol. The van der Waals surface area contributed by atoms with Crippen molar-refractivity contribution in [1.82, 2.24) is 10.6 Å². The molecule has 0 saturated carbocycles. The average molecular weight is 355 g/mol. The monoisotopic (exact) mass is 355 g/mol. The molecule has 0 aliphatic carbocycles. The van der Waals surface area contributed by atoms with Gasteiger partial charge in [-0.1, -0.05) is 42.5 Å². The number of likely N-dealkylation sites (N-methyl/N-ethyl adjacent to an activating group) is 1. The number of hydrogen-bond acceptors (Lipinski definition) is 4. The van der Waals surface area contributed by atoms with Crippen molar-refractivity contribution >= 4 is 17.5 Å². The van der Waals surface area contributed by atoms with Crippen molar-refractivity contribution in [3.05, 3.63) is 75.8 Å². The van der Waals surface area contributed by atoms with Gasteiger partial charge in [0.15, 0.2) is 0 Å². The van der Waals surface area contributed by atoms with E-state index in [0.717, 1.165) is 11.1 Å². The molecule has 7 nitrogen and oxygen atoms in total. The van der Waals surface area contributed by atoms with E-state index < -0.39 is 11.0 Å². The Morgan fingerprint density at radius 2 is 1.69 bits per heavy atom. The minimum absolute atomic E-state index is 0.0165. The summed E-state index contributed by atoms with van der Waals surface area (Å²) in [5.74, 6) is -0.527. The molecule has 0 aliphatic heterocycles. The zero-order valence-corrected chi connectivity index (χ0v) is 14.5. The van der Waals surface area contributed by atoms with Crippen LogP contribution in [0, 0.1) is 10.1 Å². The molecule has 0 spiro atoms. The highest BCUT2D eigenvalue weighted by molar-refractivity contribution is 5.87. The van der Waals surface area contributed by atoms with Gasteiger partial charge in [-0.3, -0.25) is 19.7 Å². The molecule has 2 amide bonds. The molecule has 2 N–H and O–H groups in total. The summed E-state index contributed by atoms with van der Waals surface area (Å²) in [5, 5.41) is 16.0. The lowest BCUT2D eigenvalue weighted by Gasteiger charge is -2.17. The number of amides is 2. The van der Waals surface area contributed by atoms with Gasteiger partial charge < -0.3 is 10.6 Å². The Bertz CT molecular complexity index is 760. The van der Waals surface area contributed by atoms with Gasteiger partial charge in [0.25, 0.3) is 5.69 Å². The Balaban J connectivity index is 1.96. The normalized spacial score (nSPS) is 11.4. The molecule has 0 heterocycles. The first-order chi connectivity index (χ1) is 12.5. The number of hydrogen-bond donors (Lipinski definition) is 2. The van der Waals surface area contributed by atoms with Crippen LogP contribution in [0.2, 0.25) is 0 Å². The third kappa shape index (κ3) is 5.70. The second-order valence-corrected chi connectivity index (χ2v) is 5.85. The van der Waals surface area contributed by atoms with Crippen molar-refractivity contribution in [2.24, 2.45) is 0 Å². The highest BCUT2D eigenvalue weighted by Gasteiger charge is 2.20. The summed E-state index contributed by atoms with van der Waals surface area (Å²) in [6.07, 6.45) is 1.12. The van der Waals surface area contributed by atoms with Crippen LogP contribution in [-0.4, -0.2) is 29.8 Å². The van der Waals surface area contributed by atoms with Crippen LogP contribution in [0.3, 0.4) is 0 Å². The third-order valence-electron chi connectivity index (χ3n) is 3.97. The van der Waals surface area contributed by atoms with Crippen LogP contribution in [0.5, 0.6) is 0 Å². The zero-order valence-electron chi connectivity index (χ0n) is 14.5. The van der Waals surface area contributed by atoms with Gasteiger partial charge in [-0.15, -0.1) is 0 Å². The fourth-order valence-electron chi connectivity index (χ4n) is 2.54. The van der Waals surface area contributed by atoms with Crippen molar-refractivity contribution in [3.8, 4) is 0 Å². The van der Waals surface area contributed by atoms with E-state index in [1.54, 1.807) is 12.1 Å². The summed E-state index contributed by atoms with van der Waals surface area (Å²) in [4.78, 5) is 34.5. The number of nitrogens with zero attached hydrogens (tertiary/aromatic N) is 1. The van der Waals surface area contributed by atoms with Gasteiger partial charge in [-0.2, -0.15) is 0 Å². The Hall–Kier alpha value is -3.22. The maximum Gasteiger partial charge on any atom is 0.269 e. The fourth-order valence-corrected chi connectivity index (χ4v) is 2.54. The Morgan fingerprint density at radius 1 is 1.04 bits per heavy atom. The number of rotatable bonds is 8. The minimum atomic E-state index is -0.732. The second-order valence-electron chi connectivity index (χ2n) is 5.85. The van der Waals surface area contributed by atoms with Crippen molar-refractivity contribution in [3.63, 3.8) is 0 Å². The summed E-state index contributed by atoms with van der Waals surface area (Å²) in [7, 11) is 1.50. The van der Waals surface area contributed by atoms with E-state index in [1.807, 2.05) is 30.3 Å². The number of nitro benzene ring substituents is 1. The van der Waals surface area contributed by atoms with Crippen LogP contribution in [0.15, 0.2) is 54.6 Å². The lowest BCUT2D eigenvalue weighted by atomic mass is 10.0. The summed E-state index contributed by atoms with van der Waals surface area (Å²) in [6.45, 7) is 0. The topological polar surface area (TPSA) is 101 Å². The van der Waals surface area contributed by atoms with Crippen molar-refractivity contribution in [2.75, 3.05) is 7.05 Å². The van der Waals surface area contributed by atoms with Crippen LogP contribution in [0.1, 0.15) is 17.5 Å². The van der Waals surface area contributed by atoms with E-state index in [0.29, 0.717) is 6.42 Å². The van der Waals surface area contributed by atoms with Crippen molar-refractivity contribution in [1.29, 1.82) is 0 Å². The Labute approximate surface area is 151 Å². The number of carbonyl (C=O) groups excluding carboxylic acids is 2.